The molecule has 7 nitrogen and oxygen atoms in total. The number of aryl methyl sites for hydroxylation is 3. The van der Waals surface area contributed by atoms with Crippen LogP contribution >= 0.6 is 11.8 Å². The van der Waals surface area contributed by atoms with Gasteiger partial charge in [0.2, 0.25) is 5.91 Å². The molecule has 0 fully saturated rings. The zero-order valence-electron chi connectivity index (χ0n) is 19.8. The number of carbonyl (C=O) groups excluding carboxylic acids is 1. The van der Waals surface area contributed by atoms with E-state index in [1.165, 1.54) is 29.0 Å². The molecule has 5 rings (SSSR count). The monoisotopic (exact) mass is 490 g/mol. The van der Waals surface area contributed by atoms with Crippen molar-refractivity contribution < 1.29 is 9.18 Å². The van der Waals surface area contributed by atoms with Gasteiger partial charge in [-0.1, -0.05) is 24.2 Å². The first-order valence-electron chi connectivity index (χ1n) is 11.8. The highest BCUT2D eigenvalue weighted by atomic mass is 32.2. The second kappa shape index (κ2) is 10.0. The average Bonchev–Trinajstić information content (AvgIpc) is 3.42. The molecule has 0 atom stereocenters. The van der Waals surface area contributed by atoms with Crippen molar-refractivity contribution in [2.75, 3.05) is 11.1 Å². The molecule has 0 saturated heterocycles. The van der Waals surface area contributed by atoms with Crippen molar-refractivity contribution in [2.24, 2.45) is 0 Å². The maximum absolute atomic E-state index is 14.6. The zero-order valence-corrected chi connectivity index (χ0v) is 20.6. The molecule has 0 radical (unpaired) electrons. The number of hydrogen-bond acceptors (Lipinski definition) is 5. The number of benzene rings is 2. The van der Waals surface area contributed by atoms with E-state index in [1.807, 2.05) is 16.8 Å². The first-order valence-corrected chi connectivity index (χ1v) is 12.7. The summed E-state index contributed by atoms with van der Waals surface area (Å²) >= 11 is 1.31. The van der Waals surface area contributed by atoms with Crippen LogP contribution < -0.4 is 5.32 Å². The Morgan fingerprint density at radius 2 is 1.97 bits per heavy atom. The fraction of sp³-hybridized carbons (Fsp3) is 0.308. The van der Waals surface area contributed by atoms with E-state index in [9.17, 15) is 9.18 Å². The standard InChI is InChI=1S/C26H27FN6OS/c1-17-7-9-20(14-18(17)2)32-13-11-28-26(32)35-16-24(34)29-22-15-19(8-10-21(22)27)25-31-30-23-6-4-3-5-12-33(23)25/h7-11,13-15H,3-6,12,16H2,1-2H3,(H,29,34). The summed E-state index contributed by atoms with van der Waals surface area (Å²) in [4.78, 5) is 17.1. The van der Waals surface area contributed by atoms with Crippen LogP contribution in [-0.2, 0) is 17.8 Å². The van der Waals surface area contributed by atoms with Gasteiger partial charge < -0.3 is 9.88 Å². The maximum Gasteiger partial charge on any atom is 0.234 e. The summed E-state index contributed by atoms with van der Waals surface area (Å²) in [6.45, 7) is 4.98. The van der Waals surface area contributed by atoms with E-state index in [4.69, 9.17) is 0 Å². The topological polar surface area (TPSA) is 77.6 Å². The number of fused-ring (bicyclic) bond motifs is 1. The van der Waals surface area contributed by atoms with Crippen LogP contribution in [0.1, 0.15) is 36.2 Å². The zero-order chi connectivity index (χ0) is 24.4. The molecule has 2 aromatic heterocycles. The molecule has 1 aliphatic heterocycles. The molecule has 0 bridgehead atoms. The molecule has 0 unspecified atom stereocenters. The molecule has 0 spiro atoms. The van der Waals surface area contributed by atoms with Crippen molar-refractivity contribution in [2.45, 2.75) is 51.2 Å². The number of hydrogen-bond donors (Lipinski definition) is 1. The van der Waals surface area contributed by atoms with Crippen LogP contribution in [0.4, 0.5) is 10.1 Å². The lowest BCUT2D eigenvalue weighted by Gasteiger charge is -2.11. The summed E-state index contributed by atoms with van der Waals surface area (Å²) in [7, 11) is 0. The Hall–Kier alpha value is -3.46. The van der Waals surface area contributed by atoms with Crippen LogP contribution in [0, 0.1) is 19.7 Å². The fourth-order valence-corrected chi connectivity index (χ4v) is 5.02. The average molecular weight is 491 g/mol. The van der Waals surface area contributed by atoms with Gasteiger partial charge in [-0.3, -0.25) is 9.36 Å². The van der Waals surface area contributed by atoms with Crippen LogP contribution in [0.15, 0.2) is 53.9 Å². The number of halogens is 1. The minimum absolute atomic E-state index is 0.103. The smallest absolute Gasteiger partial charge is 0.234 e. The second-order valence-corrected chi connectivity index (χ2v) is 9.72. The molecule has 180 valence electrons. The molecule has 3 heterocycles. The number of carbonyl (C=O) groups is 1. The summed E-state index contributed by atoms with van der Waals surface area (Å²) < 4.78 is 18.6. The van der Waals surface area contributed by atoms with Crippen molar-refractivity contribution in [1.82, 2.24) is 24.3 Å². The Kier molecular flexibility index (Phi) is 6.68. The Labute approximate surface area is 207 Å². The minimum atomic E-state index is -0.487. The van der Waals surface area contributed by atoms with Gasteiger partial charge in [-0.25, -0.2) is 9.37 Å². The van der Waals surface area contributed by atoms with Crippen molar-refractivity contribution >= 4 is 23.4 Å². The summed E-state index contributed by atoms with van der Waals surface area (Å²) in [6.07, 6.45) is 7.80. The lowest BCUT2D eigenvalue weighted by Crippen LogP contribution is -2.15. The van der Waals surface area contributed by atoms with Crippen molar-refractivity contribution in [3.8, 4) is 17.1 Å². The van der Waals surface area contributed by atoms with Gasteiger partial charge in [0, 0.05) is 36.6 Å². The summed E-state index contributed by atoms with van der Waals surface area (Å²) in [5.74, 6) is 0.983. The van der Waals surface area contributed by atoms with Crippen molar-refractivity contribution in [3.05, 3.63) is 71.6 Å². The predicted octanol–water partition coefficient (Wildman–Crippen LogP) is 5.34. The Morgan fingerprint density at radius 1 is 1.09 bits per heavy atom. The van der Waals surface area contributed by atoms with Gasteiger partial charge in [0.15, 0.2) is 11.0 Å². The lowest BCUT2D eigenvalue weighted by molar-refractivity contribution is -0.113. The summed E-state index contributed by atoms with van der Waals surface area (Å²) in [5.41, 5.74) is 4.26. The van der Waals surface area contributed by atoms with Gasteiger partial charge in [-0.05, 0) is 68.1 Å². The van der Waals surface area contributed by atoms with E-state index in [1.54, 1.807) is 18.3 Å². The van der Waals surface area contributed by atoms with E-state index in [2.05, 4.69) is 51.0 Å². The number of nitrogens with one attached hydrogen (secondary N) is 1. The van der Waals surface area contributed by atoms with Crippen molar-refractivity contribution in [1.29, 1.82) is 0 Å². The fourth-order valence-electron chi connectivity index (χ4n) is 4.24. The van der Waals surface area contributed by atoms with E-state index in [0.29, 0.717) is 11.0 Å². The maximum atomic E-state index is 14.6. The predicted molar refractivity (Wildman–Crippen MR) is 135 cm³/mol. The molecule has 4 aromatic rings. The Balaban J connectivity index is 1.29. The normalized spacial score (nSPS) is 13.3. The van der Waals surface area contributed by atoms with Gasteiger partial charge in [-0.2, -0.15) is 0 Å². The third kappa shape index (κ3) is 5.00. The van der Waals surface area contributed by atoms with Crippen molar-refractivity contribution in [3.63, 3.8) is 0 Å². The van der Waals surface area contributed by atoms with Gasteiger partial charge in [0.1, 0.15) is 11.6 Å². The molecule has 0 saturated carbocycles. The largest absolute Gasteiger partial charge is 0.323 e. The number of imidazole rings is 1. The van der Waals surface area contributed by atoms with E-state index in [-0.39, 0.29) is 17.3 Å². The molecular weight excluding hydrogens is 463 g/mol. The van der Waals surface area contributed by atoms with Gasteiger partial charge in [-0.15, -0.1) is 10.2 Å². The number of nitrogens with zero attached hydrogens (tertiary/aromatic N) is 5. The quantitative estimate of drug-likeness (QED) is 0.369. The van der Waals surface area contributed by atoms with Crippen LogP contribution in [0.2, 0.25) is 0 Å². The van der Waals surface area contributed by atoms with Gasteiger partial charge in [0.25, 0.3) is 0 Å². The molecular formula is C26H27FN6OS. The van der Waals surface area contributed by atoms with Crippen LogP contribution in [0.5, 0.6) is 0 Å². The van der Waals surface area contributed by atoms with Crippen LogP contribution in [0.3, 0.4) is 0 Å². The SMILES string of the molecule is Cc1ccc(-n2ccnc2SCC(=O)Nc2cc(-c3nnc4n3CCCCC4)ccc2F)cc1C. The van der Waals surface area contributed by atoms with E-state index >= 15 is 0 Å². The lowest BCUT2D eigenvalue weighted by atomic mass is 10.1. The minimum Gasteiger partial charge on any atom is -0.323 e. The number of rotatable bonds is 6. The first-order chi connectivity index (χ1) is 17.0. The van der Waals surface area contributed by atoms with Gasteiger partial charge >= 0.3 is 0 Å². The number of aromatic nitrogens is 5. The Bertz CT molecular complexity index is 1380. The highest BCUT2D eigenvalue weighted by molar-refractivity contribution is 7.99. The second-order valence-electron chi connectivity index (χ2n) is 8.78. The molecule has 9 heteroatoms. The highest BCUT2D eigenvalue weighted by Gasteiger charge is 2.18. The van der Waals surface area contributed by atoms with Crippen LogP contribution in [-0.4, -0.2) is 36.0 Å². The summed E-state index contributed by atoms with van der Waals surface area (Å²) in [6, 6.07) is 10.9. The van der Waals surface area contributed by atoms with Crippen LogP contribution in [0.25, 0.3) is 17.1 Å². The molecule has 2 aromatic carbocycles. The van der Waals surface area contributed by atoms with E-state index in [0.717, 1.165) is 49.3 Å². The molecule has 35 heavy (non-hydrogen) atoms. The van der Waals surface area contributed by atoms with Gasteiger partial charge in [0.05, 0.1) is 11.4 Å². The third-order valence-corrected chi connectivity index (χ3v) is 7.28. The highest BCUT2D eigenvalue weighted by Crippen LogP contribution is 2.27. The molecule has 0 aliphatic carbocycles. The number of thioether (sulfide) groups is 1. The summed E-state index contributed by atoms with van der Waals surface area (Å²) in [5, 5.41) is 12.1. The number of amides is 1. The molecule has 1 amide bonds. The number of anilines is 1. The Morgan fingerprint density at radius 3 is 2.83 bits per heavy atom. The molecule has 1 N–H and O–H groups in total. The third-order valence-electron chi connectivity index (χ3n) is 6.32. The first kappa shape index (κ1) is 23.3. The molecule has 1 aliphatic rings. The van der Waals surface area contributed by atoms with E-state index < -0.39 is 5.82 Å².